The second-order valence-corrected chi connectivity index (χ2v) is 10.8. The van der Waals surface area contributed by atoms with Gasteiger partial charge in [-0.05, 0) is 58.8 Å². The molecule has 0 spiro atoms. The first-order valence-corrected chi connectivity index (χ1v) is 13.4. The van der Waals surface area contributed by atoms with Gasteiger partial charge in [0.25, 0.3) is 5.91 Å². The van der Waals surface area contributed by atoms with Crippen molar-refractivity contribution in [2.45, 2.75) is 11.5 Å². The number of halogens is 2. The molecule has 0 fully saturated rings. The van der Waals surface area contributed by atoms with Gasteiger partial charge in [0.2, 0.25) is 10.0 Å². The SMILES string of the molecule is O=C(CNS(=O)(=O)c1ccc(Cl)cc1)N/N=C/c1c(OCc2cccc(Br)c2)ccc2ccccc12. The van der Waals surface area contributed by atoms with Crippen LogP contribution in [-0.4, -0.2) is 27.1 Å². The number of sulfonamides is 1. The van der Waals surface area contributed by atoms with Crippen molar-refractivity contribution < 1.29 is 17.9 Å². The molecular weight excluding hydrogens is 566 g/mol. The number of ether oxygens (including phenoxy) is 1. The third-order valence-corrected chi connectivity index (χ3v) is 7.31. The lowest BCUT2D eigenvalue weighted by atomic mass is 10.0. The third kappa shape index (κ3) is 6.70. The van der Waals surface area contributed by atoms with Gasteiger partial charge in [-0.2, -0.15) is 5.10 Å². The van der Waals surface area contributed by atoms with Gasteiger partial charge >= 0.3 is 0 Å². The summed E-state index contributed by atoms with van der Waals surface area (Å²) in [5, 5.41) is 6.33. The molecule has 0 heterocycles. The van der Waals surface area contributed by atoms with E-state index in [9.17, 15) is 13.2 Å². The third-order valence-electron chi connectivity index (χ3n) is 5.14. The van der Waals surface area contributed by atoms with Gasteiger partial charge < -0.3 is 4.74 Å². The van der Waals surface area contributed by atoms with Crippen molar-refractivity contribution >= 4 is 60.4 Å². The van der Waals surface area contributed by atoms with Crippen LogP contribution in [0.2, 0.25) is 5.02 Å². The van der Waals surface area contributed by atoms with Crippen LogP contribution in [0.5, 0.6) is 5.75 Å². The lowest BCUT2D eigenvalue weighted by Crippen LogP contribution is -2.34. The summed E-state index contributed by atoms with van der Waals surface area (Å²) in [4.78, 5) is 12.3. The van der Waals surface area contributed by atoms with Gasteiger partial charge in [-0.3, -0.25) is 4.79 Å². The van der Waals surface area contributed by atoms with E-state index in [-0.39, 0.29) is 4.90 Å². The van der Waals surface area contributed by atoms with Crippen LogP contribution in [0.3, 0.4) is 0 Å². The molecule has 2 N–H and O–H groups in total. The van der Waals surface area contributed by atoms with E-state index < -0.39 is 22.5 Å². The Balaban J connectivity index is 1.45. The Hall–Kier alpha value is -3.24. The maximum atomic E-state index is 12.4. The van der Waals surface area contributed by atoms with E-state index >= 15 is 0 Å². The number of fused-ring (bicyclic) bond motifs is 1. The summed E-state index contributed by atoms with van der Waals surface area (Å²) in [5.41, 5.74) is 4.03. The van der Waals surface area contributed by atoms with Crippen LogP contribution >= 0.6 is 27.5 Å². The molecule has 10 heteroatoms. The standard InChI is InChI=1S/C26H21BrClN3O4S/c27-20-6-3-4-18(14-20)17-35-25-13-8-19-5-1-2-7-23(19)24(25)15-29-31-26(32)16-30-36(33,34)22-11-9-21(28)10-12-22/h1-15,30H,16-17H2,(H,31,32)/b29-15+. The maximum absolute atomic E-state index is 12.4. The Morgan fingerprint density at radius 1 is 1.00 bits per heavy atom. The molecule has 0 saturated heterocycles. The summed E-state index contributed by atoms with van der Waals surface area (Å²) in [6.45, 7) is -0.137. The van der Waals surface area contributed by atoms with Crippen molar-refractivity contribution in [2.75, 3.05) is 6.54 Å². The number of nitrogens with one attached hydrogen (secondary N) is 2. The number of carbonyl (C=O) groups is 1. The van der Waals surface area contributed by atoms with E-state index in [2.05, 4.69) is 31.2 Å². The Kier molecular flexibility index (Phi) is 8.37. The summed E-state index contributed by atoms with van der Waals surface area (Å²) < 4.78 is 34.0. The second kappa shape index (κ2) is 11.7. The highest BCUT2D eigenvalue weighted by molar-refractivity contribution is 9.10. The Labute approximate surface area is 222 Å². The van der Waals surface area contributed by atoms with Crippen LogP contribution in [0.4, 0.5) is 0 Å². The van der Waals surface area contributed by atoms with Crippen molar-refractivity contribution in [1.82, 2.24) is 10.1 Å². The monoisotopic (exact) mass is 585 g/mol. The molecule has 184 valence electrons. The zero-order valence-electron chi connectivity index (χ0n) is 18.8. The van der Waals surface area contributed by atoms with Crippen LogP contribution in [0.1, 0.15) is 11.1 Å². The Bertz CT molecular complexity index is 1530. The predicted octanol–water partition coefficient (Wildman–Crippen LogP) is 5.26. The number of amides is 1. The molecule has 0 aliphatic carbocycles. The lowest BCUT2D eigenvalue weighted by Gasteiger charge is -2.12. The molecule has 0 aliphatic rings. The fraction of sp³-hybridized carbons (Fsp3) is 0.0769. The number of carbonyl (C=O) groups excluding carboxylic acids is 1. The lowest BCUT2D eigenvalue weighted by molar-refractivity contribution is -0.119. The minimum absolute atomic E-state index is 0.00573. The maximum Gasteiger partial charge on any atom is 0.255 e. The molecule has 36 heavy (non-hydrogen) atoms. The minimum Gasteiger partial charge on any atom is -0.488 e. The van der Waals surface area contributed by atoms with Crippen LogP contribution in [0, 0.1) is 0 Å². The van der Waals surface area contributed by atoms with Crippen molar-refractivity contribution in [2.24, 2.45) is 5.10 Å². The largest absolute Gasteiger partial charge is 0.488 e. The topological polar surface area (TPSA) is 96.9 Å². The predicted molar refractivity (Wildman–Crippen MR) is 145 cm³/mol. The average molecular weight is 587 g/mol. The van der Waals surface area contributed by atoms with Crippen molar-refractivity contribution in [1.29, 1.82) is 0 Å². The molecular formula is C26H21BrClN3O4S. The normalized spacial score (nSPS) is 11.6. The molecule has 4 aromatic carbocycles. The first-order valence-electron chi connectivity index (χ1n) is 10.8. The summed E-state index contributed by atoms with van der Waals surface area (Å²) >= 11 is 9.25. The highest BCUT2D eigenvalue weighted by Gasteiger charge is 2.15. The molecule has 0 aliphatic heterocycles. The molecule has 0 radical (unpaired) electrons. The summed E-state index contributed by atoms with van der Waals surface area (Å²) in [6.07, 6.45) is 1.49. The van der Waals surface area contributed by atoms with Crippen molar-refractivity contribution in [3.8, 4) is 5.75 Å². The Morgan fingerprint density at radius 2 is 1.78 bits per heavy atom. The quantitative estimate of drug-likeness (QED) is 0.206. The fourth-order valence-corrected chi connectivity index (χ4v) is 4.94. The van der Waals surface area contributed by atoms with E-state index in [1.165, 1.54) is 30.5 Å². The van der Waals surface area contributed by atoms with Gasteiger partial charge in [-0.15, -0.1) is 0 Å². The average Bonchev–Trinajstić information content (AvgIpc) is 2.87. The highest BCUT2D eigenvalue weighted by Crippen LogP contribution is 2.27. The molecule has 4 aromatic rings. The summed E-state index contributed by atoms with van der Waals surface area (Å²) in [6, 6.07) is 25.0. The molecule has 4 rings (SSSR count). The zero-order chi connectivity index (χ0) is 25.5. The molecule has 1 amide bonds. The fourth-order valence-electron chi connectivity index (χ4n) is 3.39. The molecule has 0 aromatic heterocycles. The van der Waals surface area contributed by atoms with Crippen molar-refractivity contribution in [3.05, 3.63) is 106 Å². The van der Waals surface area contributed by atoms with E-state index in [0.717, 1.165) is 20.8 Å². The molecule has 7 nitrogen and oxygen atoms in total. The molecule has 0 bridgehead atoms. The summed E-state index contributed by atoms with van der Waals surface area (Å²) in [7, 11) is -3.87. The number of hydrazone groups is 1. The Morgan fingerprint density at radius 3 is 2.56 bits per heavy atom. The number of hydrogen-bond donors (Lipinski definition) is 2. The van der Waals surface area contributed by atoms with Gasteiger partial charge in [0.15, 0.2) is 0 Å². The van der Waals surface area contributed by atoms with Crippen LogP contribution < -0.4 is 14.9 Å². The van der Waals surface area contributed by atoms with Crippen LogP contribution in [0.15, 0.2) is 99.4 Å². The molecule has 0 atom stereocenters. The number of benzene rings is 4. The van der Waals surface area contributed by atoms with Gasteiger partial charge in [0.1, 0.15) is 12.4 Å². The van der Waals surface area contributed by atoms with Gasteiger partial charge in [0.05, 0.1) is 17.7 Å². The number of rotatable bonds is 9. The van der Waals surface area contributed by atoms with Crippen molar-refractivity contribution in [3.63, 3.8) is 0 Å². The van der Waals surface area contributed by atoms with E-state index in [4.69, 9.17) is 16.3 Å². The molecule has 0 unspecified atom stereocenters. The van der Waals surface area contributed by atoms with E-state index in [1.54, 1.807) is 0 Å². The highest BCUT2D eigenvalue weighted by atomic mass is 79.9. The molecule has 0 saturated carbocycles. The second-order valence-electron chi connectivity index (χ2n) is 7.69. The zero-order valence-corrected chi connectivity index (χ0v) is 22.0. The minimum atomic E-state index is -3.87. The first kappa shape index (κ1) is 25.8. The van der Waals surface area contributed by atoms with Gasteiger partial charge in [-0.25, -0.2) is 18.6 Å². The van der Waals surface area contributed by atoms with Crippen LogP contribution in [0.25, 0.3) is 10.8 Å². The van der Waals surface area contributed by atoms with Gasteiger partial charge in [-0.1, -0.05) is 70.0 Å². The smallest absolute Gasteiger partial charge is 0.255 e. The van der Waals surface area contributed by atoms with E-state index in [1.807, 2.05) is 60.7 Å². The van der Waals surface area contributed by atoms with E-state index in [0.29, 0.717) is 22.9 Å². The number of nitrogens with zero attached hydrogens (tertiary/aromatic N) is 1. The number of hydrogen-bond acceptors (Lipinski definition) is 5. The van der Waals surface area contributed by atoms with Crippen LogP contribution in [-0.2, 0) is 21.4 Å². The first-order chi connectivity index (χ1) is 17.3. The van der Waals surface area contributed by atoms with Gasteiger partial charge in [0, 0.05) is 15.1 Å². The summed E-state index contributed by atoms with van der Waals surface area (Å²) in [5.74, 6) is -0.0317.